The first-order valence-corrected chi connectivity index (χ1v) is 6.10. The van der Waals surface area contributed by atoms with E-state index in [0.717, 1.165) is 5.56 Å². The van der Waals surface area contributed by atoms with Gasteiger partial charge in [-0.3, -0.25) is 9.59 Å². The maximum Gasteiger partial charge on any atom is 0.291 e. The monoisotopic (exact) mass is 290 g/mol. The van der Waals surface area contributed by atoms with E-state index in [-0.39, 0.29) is 11.3 Å². The zero-order valence-corrected chi connectivity index (χ0v) is 11.3. The number of rotatable bonds is 3. The van der Waals surface area contributed by atoms with Crippen LogP contribution in [0.5, 0.6) is 0 Å². The molecule has 2 N–H and O–H groups in total. The molecule has 0 radical (unpaired) electrons. The van der Waals surface area contributed by atoms with Crippen molar-refractivity contribution in [3.05, 3.63) is 63.0 Å². The first kappa shape index (κ1) is 14.0. The number of H-pyrrole nitrogens is 1. The zero-order chi connectivity index (χ0) is 14.5. The number of halogens is 1. The predicted octanol–water partition coefficient (Wildman–Crippen LogP) is 1.58. The minimum absolute atomic E-state index is 0.0808. The average Bonchev–Trinajstić information content (AvgIpc) is 2.46. The number of nitrogens with zero attached hydrogens (tertiary/aromatic N) is 2. The van der Waals surface area contributed by atoms with Gasteiger partial charge in [0.05, 0.1) is 5.71 Å². The Bertz CT molecular complexity index is 687. The van der Waals surface area contributed by atoms with Crippen molar-refractivity contribution in [3.63, 3.8) is 0 Å². The number of carbonyl (C=O) groups excluding carboxylic acids is 1. The molecular formula is C13H11ClN4O2. The molecule has 2 rings (SSSR count). The van der Waals surface area contributed by atoms with Crippen molar-refractivity contribution in [1.29, 1.82) is 0 Å². The largest absolute Gasteiger partial charge is 0.291 e. The van der Waals surface area contributed by atoms with Gasteiger partial charge in [0.25, 0.3) is 11.5 Å². The quantitative estimate of drug-likeness (QED) is 0.664. The zero-order valence-electron chi connectivity index (χ0n) is 10.6. The number of carbonyl (C=O) groups is 1. The van der Waals surface area contributed by atoms with Crippen molar-refractivity contribution in [3.8, 4) is 0 Å². The molecule has 0 aliphatic heterocycles. The Kier molecular flexibility index (Phi) is 4.27. The van der Waals surface area contributed by atoms with Gasteiger partial charge >= 0.3 is 0 Å². The highest BCUT2D eigenvalue weighted by Crippen LogP contribution is 2.10. The topological polar surface area (TPSA) is 87.2 Å². The van der Waals surface area contributed by atoms with Crippen LogP contribution in [0.1, 0.15) is 23.0 Å². The minimum Gasteiger partial charge on any atom is -0.268 e. The van der Waals surface area contributed by atoms with Crippen molar-refractivity contribution in [1.82, 2.24) is 15.6 Å². The van der Waals surface area contributed by atoms with E-state index in [2.05, 4.69) is 20.7 Å². The Labute approximate surface area is 119 Å². The van der Waals surface area contributed by atoms with Crippen LogP contribution in [0.25, 0.3) is 0 Å². The fourth-order valence-corrected chi connectivity index (χ4v) is 1.54. The van der Waals surface area contributed by atoms with Crippen molar-refractivity contribution in [2.75, 3.05) is 0 Å². The van der Waals surface area contributed by atoms with E-state index >= 15 is 0 Å². The number of amides is 1. The molecule has 2 aromatic rings. The Morgan fingerprint density at radius 2 is 1.95 bits per heavy atom. The first-order chi connectivity index (χ1) is 9.56. The normalized spacial score (nSPS) is 11.2. The second-order valence-electron chi connectivity index (χ2n) is 3.95. The van der Waals surface area contributed by atoms with Crippen LogP contribution in [-0.4, -0.2) is 21.8 Å². The third-order valence-electron chi connectivity index (χ3n) is 2.50. The lowest BCUT2D eigenvalue weighted by Gasteiger charge is -2.02. The van der Waals surface area contributed by atoms with Gasteiger partial charge in [-0.2, -0.15) is 10.2 Å². The number of hydrogen-bond donors (Lipinski definition) is 2. The van der Waals surface area contributed by atoms with Gasteiger partial charge in [0.15, 0.2) is 5.69 Å². The highest BCUT2D eigenvalue weighted by molar-refractivity contribution is 6.30. The molecule has 102 valence electrons. The summed E-state index contributed by atoms with van der Waals surface area (Å²) < 4.78 is 0. The first-order valence-electron chi connectivity index (χ1n) is 5.72. The molecule has 1 heterocycles. The lowest BCUT2D eigenvalue weighted by Crippen LogP contribution is -2.22. The summed E-state index contributed by atoms with van der Waals surface area (Å²) in [5.41, 5.74) is 3.53. The standard InChI is InChI=1S/C13H11ClN4O2/c1-8(9-2-4-10(14)5-3-9)15-18-13(20)11-6-7-12(19)17-16-11/h2-7H,1H3,(H,17,19)(H,18,20). The maximum atomic E-state index is 11.7. The summed E-state index contributed by atoms with van der Waals surface area (Å²) in [6, 6.07) is 9.61. The molecule has 0 aliphatic carbocycles. The van der Waals surface area contributed by atoms with Crippen LogP contribution in [0.3, 0.4) is 0 Å². The average molecular weight is 291 g/mol. The number of hydrazone groups is 1. The molecule has 0 saturated carbocycles. The van der Waals surface area contributed by atoms with Crippen LogP contribution in [0.15, 0.2) is 46.3 Å². The second-order valence-corrected chi connectivity index (χ2v) is 4.39. The summed E-state index contributed by atoms with van der Waals surface area (Å²) in [4.78, 5) is 22.6. The van der Waals surface area contributed by atoms with E-state index in [1.807, 2.05) is 0 Å². The van der Waals surface area contributed by atoms with Gasteiger partial charge in [0, 0.05) is 11.1 Å². The van der Waals surface area contributed by atoms with Crippen LogP contribution >= 0.6 is 11.6 Å². The van der Waals surface area contributed by atoms with Gasteiger partial charge < -0.3 is 0 Å². The molecule has 1 aromatic heterocycles. The lowest BCUT2D eigenvalue weighted by molar-refractivity contribution is 0.0948. The summed E-state index contributed by atoms with van der Waals surface area (Å²) in [6.07, 6.45) is 0. The Hall–Kier alpha value is -2.47. The van der Waals surface area contributed by atoms with Gasteiger partial charge in [-0.15, -0.1) is 0 Å². The molecule has 0 atom stereocenters. The fourth-order valence-electron chi connectivity index (χ4n) is 1.42. The molecule has 0 spiro atoms. The Morgan fingerprint density at radius 1 is 1.25 bits per heavy atom. The number of nitrogens with one attached hydrogen (secondary N) is 2. The van der Waals surface area contributed by atoms with Crippen LogP contribution in [0.4, 0.5) is 0 Å². The molecule has 0 bridgehead atoms. The van der Waals surface area contributed by atoms with Crippen molar-refractivity contribution in [2.45, 2.75) is 6.92 Å². The van der Waals surface area contributed by atoms with Crippen LogP contribution in [0, 0.1) is 0 Å². The Balaban J connectivity index is 2.08. The highest BCUT2D eigenvalue weighted by atomic mass is 35.5. The summed E-state index contributed by atoms with van der Waals surface area (Å²) in [7, 11) is 0. The van der Waals surface area contributed by atoms with Crippen molar-refractivity contribution >= 4 is 23.2 Å². The number of aromatic amines is 1. The van der Waals surface area contributed by atoms with E-state index < -0.39 is 5.91 Å². The van der Waals surface area contributed by atoms with Crippen LogP contribution < -0.4 is 11.0 Å². The van der Waals surface area contributed by atoms with E-state index in [1.54, 1.807) is 31.2 Å². The summed E-state index contributed by atoms with van der Waals surface area (Å²) >= 11 is 5.79. The number of hydrogen-bond acceptors (Lipinski definition) is 4. The molecule has 6 nitrogen and oxygen atoms in total. The number of aromatic nitrogens is 2. The van der Waals surface area contributed by atoms with Crippen molar-refractivity contribution < 1.29 is 4.79 Å². The predicted molar refractivity (Wildman–Crippen MR) is 76.0 cm³/mol. The van der Waals surface area contributed by atoms with Gasteiger partial charge in [0.1, 0.15) is 0 Å². The maximum absolute atomic E-state index is 11.7. The van der Waals surface area contributed by atoms with E-state index in [9.17, 15) is 9.59 Å². The van der Waals surface area contributed by atoms with E-state index in [4.69, 9.17) is 11.6 Å². The molecule has 7 heteroatoms. The smallest absolute Gasteiger partial charge is 0.268 e. The van der Waals surface area contributed by atoms with E-state index in [1.165, 1.54) is 12.1 Å². The highest BCUT2D eigenvalue weighted by Gasteiger charge is 2.06. The molecule has 0 saturated heterocycles. The van der Waals surface area contributed by atoms with Gasteiger partial charge in [-0.25, -0.2) is 10.5 Å². The van der Waals surface area contributed by atoms with Gasteiger partial charge in [-0.1, -0.05) is 23.7 Å². The number of benzene rings is 1. The van der Waals surface area contributed by atoms with Crippen LogP contribution in [-0.2, 0) is 0 Å². The lowest BCUT2D eigenvalue weighted by atomic mass is 10.1. The molecular weight excluding hydrogens is 280 g/mol. The molecule has 20 heavy (non-hydrogen) atoms. The van der Waals surface area contributed by atoms with E-state index in [0.29, 0.717) is 10.7 Å². The molecule has 0 unspecified atom stereocenters. The molecule has 0 aliphatic rings. The van der Waals surface area contributed by atoms with Crippen LogP contribution in [0.2, 0.25) is 5.02 Å². The molecule has 1 aromatic carbocycles. The SMILES string of the molecule is CC(=NNC(=O)c1ccc(=O)[nH]n1)c1ccc(Cl)cc1. The third-order valence-corrected chi connectivity index (χ3v) is 2.75. The fraction of sp³-hybridized carbons (Fsp3) is 0.0769. The summed E-state index contributed by atoms with van der Waals surface area (Å²) in [5, 5.41) is 10.4. The minimum atomic E-state index is -0.505. The third kappa shape index (κ3) is 3.52. The molecule has 0 fully saturated rings. The second kappa shape index (κ2) is 6.12. The summed E-state index contributed by atoms with van der Waals surface area (Å²) in [5.74, 6) is -0.505. The van der Waals surface area contributed by atoms with Gasteiger partial charge in [-0.05, 0) is 30.7 Å². The summed E-state index contributed by atoms with van der Waals surface area (Å²) in [6.45, 7) is 1.75. The van der Waals surface area contributed by atoms with Crippen molar-refractivity contribution in [2.24, 2.45) is 5.10 Å². The Morgan fingerprint density at radius 3 is 2.55 bits per heavy atom. The molecule has 1 amide bonds. The van der Waals surface area contributed by atoms with Gasteiger partial charge in [0.2, 0.25) is 0 Å².